The van der Waals surface area contributed by atoms with Crippen LogP contribution in [0.1, 0.15) is 25.0 Å². The molecule has 0 saturated heterocycles. The van der Waals surface area contributed by atoms with Crippen molar-refractivity contribution in [1.82, 2.24) is 18.7 Å². The van der Waals surface area contributed by atoms with Gasteiger partial charge in [-0.05, 0) is 50.0 Å². The van der Waals surface area contributed by atoms with Crippen molar-refractivity contribution in [1.29, 1.82) is 0 Å². The third kappa shape index (κ3) is 6.64. The van der Waals surface area contributed by atoms with E-state index in [-0.39, 0.29) is 29.5 Å². The number of methoxy groups -OCH3 is 1. The number of benzene rings is 2. The molecule has 2 heterocycles. The molecule has 12 nitrogen and oxygen atoms in total. The fraction of sp³-hybridized carbons (Fsp3) is 0.241. The van der Waals surface area contributed by atoms with Crippen molar-refractivity contribution in [2.24, 2.45) is 11.5 Å². The van der Waals surface area contributed by atoms with Gasteiger partial charge in [-0.15, -0.1) is 0 Å². The number of nitrogens with two attached hydrogens (primary N) is 2. The summed E-state index contributed by atoms with van der Waals surface area (Å²) in [5, 5.41) is 11.2. The highest BCUT2D eigenvalue weighted by molar-refractivity contribution is 5.77. The Kier molecular flexibility index (Phi) is 10.2. The van der Waals surface area contributed by atoms with Crippen LogP contribution in [0, 0.1) is 21.7 Å². The molecule has 0 radical (unpaired) electrons. The monoisotopic (exact) mass is 597 g/mol. The van der Waals surface area contributed by atoms with Crippen molar-refractivity contribution in [2.75, 3.05) is 21.2 Å². The highest BCUT2D eigenvalue weighted by Crippen LogP contribution is 2.30. The summed E-state index contributed by atoms with van der Waals surface area (Å²) in [6, 6.07) is 8.94. The molecule has 0 aliphatic carbocycles. The SMILES string of the molecule is CC.CO/C(N)=C/C=C(\N)n1c(=O)c2c(CN(C)C)c(-c3ccc([N+](=O)[O-])cc3)cn2n(Cc2c(F)cccc2F)c1=O. The number of hydrogen-bond acceptors (Lipinski definition) is 8. The number of aromatic nitrogens is 3. The number of nitro benzene ring substituents is 1. The number of fused-ring (bicyclic) bond motifs is 1. The van der Waals surface area contributed by atoms with Crippen LogP contribution in [0.2, 0.25) is 0 Å². The van der Waals surface area contributed by atoms with Crippen LogP contribution in [0.3, 0.4) is 0 Å². The van der Waals surface area contributed by atoms with E-state index in [9.17, 15) is 28.5 Å². The lowest BCUT2D eigenvalue weighted by Crippen LogP contribution is -2.44. The Morgan fingerprint density at radius 3 is 2.16 bits per heavy atom. The Hall–Kier alpha value is -5.24. The fourth-order valence-corrected chi connectivity index (χ4v) is 4.35. The molecule has 0 atom stereocenters. The molecule has 0 aliphatic rings. The average Bonchev–Trinajstić information content (AvgIpc) is 3.34. The minimum absolute atomic E-state index is 0.00319. The molecule has 4 rings (SSSR count). The largest absolute Gasteiger partial charge is 0.483 e. The van der Waals surface area contributed by atoms with Gasteiger partial charge in [-0.25, -0.2) is 22.8 Å². The van der Waals surface area contributed by atoms with Crippen molar-refractivity contribution in [3.05, 3.63) is 120 Å². The molecule has 0 saturated carbocycles. The minimum Gasteiger partial charge on any atom is -0.483 e. The third-order valence-electron chi connectivity index (χ3n) is 6.31. The Labute approximate surface area is 245 Å². The Bertz CT molecular complexity index is 1800. The third-order valence-corrected chi connectivity index (χ3v) is 6.31. The maximum Gasteiger partial charge on any atom is 0.352 e. The number of hydrogen-bond donors (Lipinski definition) is 2. The maximum atomic E-state index is 14.7. The highest BCUT2D eigenvalue weighted by Gasteiger charge is 2.24. The van der Waals surface area contributed by atoms with Crippen LogP contribution in [0.15, 0.2) is 76.3 Å². The van der Waals surface area contributed by atoms with Crippen molar-refractivity contribution in [3.8, 4) is 11.1 Å². The first kappa shape index (κ1) is 32.3. The summed E-state index contributed by atoms with van der Waals surface area (Å²) in [5.41, 5.74) is 10.9. The molecule has 4 N–H and O–H groups in total. The maximum absolute atomic E-state index is 14.7. The van der Waals surface area contributed by atoms with Crippen molar-refractivity contribution >= 4 is 17.0 Å². The van der Waals surface area contributed by atoms with Gasteiger partial charge in [0, 0.05) is 47.6 Å². The van der Waals surface area contributed by atoms with E-state index in [4.69, 9.17) is 16.2 Å². The van der Waals surface area contributed by atoms with E-state index in [1.165, 1.54) is 60.3 Å². The second-order valence-corrected chi connectivity index (χ2v) is 9.30. The normalized spacial score (nSPS) is 11.9. The van der Waals surface area contributed by atoms with Crippen molar-refractivity contribution < 1.29 is 18.4 Å². The van der Waals surface area contributed by atoms with Crippen LogP contribution in [0.4, 0.5) is 14.5 Å². The lowest BCUT2D eigenvalue weighted by atomic mass is 10.0. The van der Waals surface area contributed by atoms with Gasteiger partial charge >= 0.3 is 5.69 Å². The Morgan fingerprint density at radius 2 is 1.63 bits per heavy atom. The number of halogens is 2. The quantitative estimate of drug-likeness (QED) is 0.129. The summed E-state index contributed by atoms with van der Waals surface area (Å²) in [6.07, 6.45) is 3.91. The number of nitro groups is 1. The van der Waals surface area contributed by atoms with E-state index in [0.717, 1.165) is 16.8 Å². The molecule has 0 aliphatic heterocycles. The molecule has 2 aromatic carbocycles. The predicted molar refractivity (Wildman–Crippen MR) is 160 cm³/mol. The average molecular weight is 598 g/mol. The molecule has 2 aromatic heterocycles. The summed E-state index contributed by atoms with van der Waals surface area (Å²) >= 11 is 0. The number of allylic oxidation sites excluding steroid dienone is 2. The van der Waals surface area contributed by atoms with Crippen molar-refractivity contribution in [2.45, 2.75) is 26.9 Å². The van der Waals surface area contributed by atoms with Gasteiger partial charge in [-0.2, -0.15) is 0 Å². The van der Waals surface area contributed by atoms with Gasteiger partial charge in [0.2, 0.25) is 0 Å². The van der Waals surface area contributed by atoms with Gasteiger partial charge in [0.25, 0.3) is 11.2 Å². The van der Waals surface area contributed by atoms with Crippen molar-refractivity contribution in [3.63, 3.8) is 0 Å². The predicted octanol–water partition coefficient (Wildman–Crippen LogP) is 3.46. The van der Waals surface area contributed by atoms with E-state index in [1.807, 2.05) is 13.8 Å². The molecule has 0 unspecified atom stereocenters. The van der Waals surface area contributed by atoms with Crippen LogP contribution in [-0.2, 0) is 17.8 Å². The zero-order chi connectivity index (χ0) is 32.0. The van der Waals surface area contributed by atoms with E-state index >= 15 is 0 Å². The standard InChI is InChI=1S/C27H27F2N7O5.C2H6/c1-32(2)13-19-18(16-7-9-17(10-8-16)36(39)40)14-33-25(19)26(37)35(23(30)11-12-24(31)41-3)27(38)34(33)15-20-21(28)5-4-6-22(20)29;1-2/h4-12,14H,13,15,30-31H2,1-3H3;1-2H3/b23-11+,24-12+;. The van der Waals surface area contributed by atoms with Gasteiger partial charge in [-0.1, -0.05) is 19.9 Å². The Balaban J connectivity index is 0.00000248. The number of rotatable bonds is 9. The summed E-state index contributed by atoms with van der Waals surface area (Å²) in [5.74, 6) is -2.15. The summed E-state index contributed by atoms with van der Waals surface area (Å²) < 4.78 is 37.2. The number of non-ortho nitro benzene ring substituents is 1. The number of nitrogens with zero attached hydrogens (tertiary/aromatic N) is 5. The topological polar surface area (TPSA) is 156 Å². The molecule has 0 fully saturated rings. The lowest BCUT2D eigenvalue weighted by Gasteiger charge is -2.16. The number of ether oxygens (including phenoxy) is 1. The summed E-state index contributed by atoms with van der Waals surface area (Å²) in [7, 11) is 4.84. The molecule has 228 valence electrons. The van der Waals surface area contributed by atoms with Crippen LogP contribution < -0.4 is 22.7 Å². The molecule has 43 heavy (non-hydrogen) atoms. The smallest absolute Gasteiger partial charge is 0.352 e. The van der Waals surface area contributed by atoms with Crippen LogP contribution in [0.5, 0.6) is 0 Å². The first-order chi connectivity index (χ1) is 20.4. The van der Waals surface area contributed by atoms with Gasteiger partial charge in [0.15, 0.2) is 5.88 Å². The minimum atomic E-state index is -0.982. The molecule has 14 heteroatoms. The van der Waals surface area contributed by atoms with Crippen LogP contribution in [-0.4, -0.2) is 44.8 Å². The van der Waals surface area contributed by atoms with Crippen LogP contribution >= 0.6 is 0 Å². The van der Waals surface area contributed by atoms with E-state index in [2.05, 4.69) is 0 Å². The lowest BCUT2D eigenvalue weighted by molar-refractivity contribution is -0.384. The Morgan fingerprint density at radius 1 is 1.02 bits per heavy atom. The first-order valence-corrected chi connectivity index (χ1v) is 13.1. The van der Waals surface area contributed by atoms with Gasteiger partial charge in [-0.3, -0.25) is 19.4 Å². The van der Waals surface area contributed by atoms with E-state index < -0.39 is 39.9 Å². The zero-order valence-electron chi connectivity index (χ0n) is 24.4. The highest BCUT2D eigenvalue weighted by atomic mass is 19.1. The molecular formula is C29H33F2N7O5. The molecule has 0 bridgehead atoms. The second kappa shape index (κ2) is 13.6. The molecule has 0 spiro atoms. The van der Waals surface area contributed by atoms with Gasteiger partial charge in [0.1, 0.15) is 23.0 Å². The van der Waals surface area contributed by atoms with Crippen LogP contribution in [0.25, 0.3) is 22.5 Å². The van der Waals surface area contributed by atoms with Gasteiger partial charge < -0.3 is 21.1 Å². The first-order valence-electron chi connectivity index (χ1n) is 13.1. The molecule has 0 amide bonds. The van der Waals surface area contributed by atoms with Gasteiger partial charge in [0.05, 0.1) is 18.6 Å². The molecule has 4 aromatic rings. The summed E-state index contributed by atoms with van der Waals surface area (Å²) in [4.78, 5) is 40.1. The van der Waals surface area contributed by atoms with E-state index in [1.54, 1.807) is 19.0 Å². The second-order valence-electron chi connectivity index (χ2n) is 9.30. The molecular weight excluding hydrogens is 564 g/mol. The zero-order valence-corrected chi connectivity index (χ0v) is 24.4. The fourth-order valence-electron chi connectivity index (χ4n) is 4.35. The summed E-state index contributed by atoms with van der Waals surface area (Å²) in [6.45, 7) is 3.61. The van der Waals surface area contributed by atoms with E-state index in [0.29, 0.717) is 21.3 Å².